The molecule has 0 saturated carbocycles. The van der Waals surface area contributed by atoms with E-state index in [1.54, 1.807) is 25.3 Å². The molecule has 3 aromatic rings. The Morgan fingerprint density at radius 2 is 1.82 bits per heavy atom. The van der Waals surface area contributed by atoms with Gasteiger partial charge < -0.3 is 43.6 Å². The van der Waals surface area contributed by atoms with E-state index >= 15 is 0 Å². The first-order valence-corrected chi connectivity index (χ1v) is 18.7. The standard InChI is InChI=1S/C38H48N2O10S/c1-4-27(41)12-16-31(26-8-6-5-7-9-26)49-28-13-10-25(11-14-28)20-30(40-37(42)50-35-23-46-36-38(35,2)18-19-45-36)34(44-3)22-39-51(43)29-15-17-32-33(21-29)48-24-47-32/h5-11,13-15,17,21,27,30-31,34-36,39,41H,4,12,16,18-20,22-24H2,1-3H3,(H,40,42)/t27?,30-,31?,34+,35-,36?,38+,51?/m0/s1. The summed E-state index contributed by atoms with van der Waals surface area (Å²) in [7, 11) is -0.0349. The molecule has 3 aromatic carbocycles. The van der Waals surface area contributed by atoms with Crippen LogP contribution in [0.1, 0.15) is 56.8 Å². The Balaban J connectivity index is 1.14. The number of methoxy groups -OCH3 is 1. The number of fused-ring (bicyclic) bond motifs is 2. The molecule has 3 heterocycles. The number of ether oxygens (including phenoxy) is 7. The topological polar surface area (TPSA) is 143 Å². The van der Waals surface area contributed by atoms with E-state index in [1.165, 1.54) is 0 Å². The van der Waals surface area contributed by atoms with Crippen LogP contribution >= 0.6 is 0 Å². The number of carbonyl (C=O) groups excluding carboxylic acids is 1. The second-order valence-electron chi connectivity index (χ2n) is 13.3. The van der Waals surface area contributed by atoms with Crippen LogP contribution in [0.4, 0.5) is 4.79 Å². The van der Waals surface area contributed by atoms with Crippen molar-refractivity contribution >= 4 is 17.1 Å². The van der Waals surface area contributed by atoms with Gasteiger partial charge in [0, 0.05) is 19.7 Å². The van der Waals surface area contributed by atoms with E-state index in [-0.39, 0.29) is 32.2 Å². The number of hydrogen-bond donors (Lipinski definition) is 3. The van der Waals surface area contributed by atoms with Gasteiger partial charge in [0.1, 0.15) is 28.9 Å². The summed E-state index contributed by atoms with van der Waals surface area (Å²) in [6.45, 7) is 5.07. The van der Waals surface area contributed by atoms with E-state index in [4.69, 9.17) is 33.2 Å². The fourth-order valence-corrected chi connectivity index (χ4v) is 7.51. The maximum Gasteiger partial charge on any atom is 0.407 e. The molecule has 3 N–H and O–H groups in total. The summed E-state index contributed by atoms with van der Waals surface area (Å²) in [5.41, 5.74) is 1.54. The molecule has 12 nitrogen and oxygen atoms in total. The Kier molecular flexibility index (Phi) is 12.5. The highest BCUT2D eigenvalue weighted by Crippen LogP contribution is 2.44. The van der Waals surface area contributed by atoms with Gasteiger partial charge in [-0.2, -0.15) is 0 Å². The van der Waals surface area contributed by atoms with Crippen LogP contribution < -0.4 is 24.2 Å². The molecule has 2 saturated heterocycles. The molecular formula is C38H48N2O10S. The van der Waals surface area contributed by atoms with Crippen LogP contribution in [-0.2, 0) is 36.4 Å². The zero-order chi connectivity index (χ0) is 35.8. The number of hydrogen-bond acceptors (Lipinski definition) is 10. The zero-order valence-corrected chi connectivity index (χ0v) is 30.1. The number of aliphatic hydroxyl groups is 1. The fourth-order valence-electron chi connectivity index (χ4n) is 6.62. The summed E-state index contributed by atoms with van der Waals surface area (Å²) in [5, 5.41) is 13.2. The summed E-state index contributed by atoms with van der Waals surface area (Å²) in [6, 6.07) is 22.3. The van der Waals surface area contributed by atoms with Gasteiger partial charge in [-0.25, -0.2) is 13.7 Å². The van der Waals surface area contributed by atoms with Gasteiger partial charge in [-0.3, -0.25) is 0 Å². The predicted molar refractivity (Wildman–Crippen MR) is 189 cm³/mol. The van der Waals surface area contributed by atoms with Crippen molar-refractivity contribution in [2.24, 2.45) is 5.41 Å². The van der Waals surface area contributed by atoms with Crippen molar-refractivity contribution in [1.82, 2.24) is 10.0 Å². The second kappa shape index (κ2) is 17.2. The van der Waals surface area contributed by atoms with E-state index in [2.05, 4.69) is 10.0 Å². The number of carbonyl (C=O) groups is 1. The molecule has 276 valence electrons. The SMILES string of the molecule is CCC(O)CCC(Oc1ccc(C[C@H](NC(=O)O[C@H]2COC3OCC[C@@]32C)[C@@H](CNS(=O)c2ccc3c(c2)OCO3)OC)cc1)c1ccccc1. The molecule has 51 heavy (non-hydrogen) atoms. The minimum absolute atomic E-state index is 0.123. The van der Waals surface area contributed by atoms with Crippen molar-refractivity contribution in [3.05, 3.63) is 83.9 Å². The van der Waals surface area contributed by atoms with Gasteiger partial charge in [0.2, 0.25) is 6.79 Å². The molecule has 0 radical (unpaired) electrons. The molecule has 2 fully saturated rings. The van der Waals surface area contributed by atoms with Gasteiger partial charge in [-0.15, -0.1) is 0 Å². The molecule has 0 aromatic heterocycles. The third-order valence-corrected chi connectivity index (χ3v) is 11.0. The smallest absolute Gasteiger partial charge is 0.407 e. The Hall–Kier alpha value is -3.72. The minimum Gasteiger partial charge on any atom is -0.486 e. The third kappa shape index (κ3) is 9.21. The van der Waals surface area contributed by atoms with Crippen LogP contribution in [0.15, 0.2) is 77.7 Å². The van der Waals surface area contributed by atoms with Gasteiger partial charge in [0.25, 0.3) is 0 Å². The predicted octanol–water partition coefficient (Wildman–Crippen LogP) is 5.20. The van der Waals surface area contributed by atoms with Crippen molar-refractivity contribution in [3.8, 4) is 17.2 Å². The monoisotopic (exact) mass is 724 g/mol. The lowest BCUT2D eigenvalue weighted by molar-refractivity contribution is -0.108. The lowest BCUT2D eigenvalue weighted by Gasteiger charge is -2.30. The normalized spacial score (nSPS) is 23.5. The van der Waals surface area contributed by atoms with Crippen molar-refractivity contribution in [2.45, 2.75) is 87.6 Å². The Morgan fingerprint density at radius 3 is 2.59 bits per heavy atom. The molecule has 3 aliphatic rings. The molecule has 3 aliphatic heterocycles. The van der Waals surface area contributed by atoms with Crippen molar-refractivity contribution in [3.63, 3.8) is 0 Å². The first kappa shape index (κ1) is 37.1. The second-order valence-corrected chi connectivity index (χ2v) is 14.6. The summed E-state index contributed by atoms with van der Waals surface area (Å²) >= 11 is 0. The largest absolute Gasteiger partial charge is 0.486 e. The summed E-state index contributed by atoms with van der Waals surface area (Å²) in [4.78, 5) is 14.0. The number of aliphatic hydroxyl groups excluding tert-OH is 1. The average Bonchev–Trinajstić information content (AvgIpc) is 3.86. The molecule has 0 bridgehead atoms. The van der Waals surface area contributed by atoms with E-state index in [0.29, 0.717) is 54.4 Å². The Bertz CT molecular complexity index is 1610. The highest BCUT2D eigenvalue weighted by molar-refractivity contribution is 7.83. The molecule has 4 unspecified atom stereocenters. The number of amides is 1. The number of nitrogens with one attached hydrogen (secondary N) is 2. The maximum atomic E-state index is 13.4. The Labute approximate surface area is 301 Å². The average molecular weight is 725 g/mol. The van der Waals surface area contributed by atoms with Gasteiger partial charge in [-0.05, 0) is 67.5 Å². The van der Waals surface area contributed by atoms with Crippen LogP contribution in [-0.4, -0.2) is 79.7 Å². The molecule has 13 heteroatoms. The first-order valence-electron chi connectivity index (χ1n) is 17.5. The van der Waals surface area contributed by atoms with Crippen LogP contribution in [0.25, 0.3) is 0 Å². The number of benzene rings is 3. The fraction of sp³-hybridized carbons (Fsp3) is 0.500. The third-order valence-electron chi connectivity index (χ3n) is 9.92. The van der Waals surface area contributed by atoms with Crippen LogP contribution in [0.2, 0.25) is 0 Å². The molecule has 0 aliphatic carbocycles. The molecule has 0 spiro atoms. The highest BCUT2D eigenvalue weighted by Gasteiger charge is 2.54. The van der Waals surface area contributed by atoms with Crippen molar-refractivity contribution < 1.29 is 47.3 Å². The van der Waals surface area contributed by atoms with E-state index in [0.717, 1.165) is 17.5 Å². The maximum absolute atomic E-state index is 13.4. The van der Waals surface area contributed by atoms with Gasteiger partial charge in [0.05, 0.1) is 41.8 Å². The van der Waals surface area contributed by atoms with E-state index in [9.17, 15) is 14.1 Å². The number of rotatable bonds is 17. The lowest BCUT2D eigenvalue weighted by Crippen LogP contribution is -2.51. The highest BCUT2D eigenvalue weighted by atomic mass is 32.2. The minimum atomic E-state index is -1.59. The van der Waals surface area contributed by atoms with E-state index < -0.39 is 47.0 Å². The van der Waals surface area contributed by atoms with Gasteiger partial charge in [-0.1, -0.05) is 56.3 Å². The lowest BCUT2D eigenvalue weighted by atomic mass is 9.84. The summed E-state index contributed by atoms with van der Waals surface area (Å²) in [5.74, 6) is 1.83. The van der Waals surface area contributed by atoms with Crippen LogP contribution in [0, 0.1) is 5.41 Å². The summed E-state index contributed by atoms with van der Waals surface area (Å²) < 4.78 is 56.8. The van der Waals surface area contributed by atoms with Crippen LogP contribution in [0.5, 0.6) is 17.2 Å². The molecular weight excluding hydrogens is 676 g/mol. The van der Waals surface area contributed by atoms with Crippen LogP contribution in [0.3, 0.4) is 0 Å². The Morgan fingerprint density at radius 1 is 1.04 bits per heavy atom. The molecule has 8 atom stereocenters. The van der Waals surface area contributed by atoms with E-state index in [1.807, 2.05) is 68.4 Å². The van der Waals surface area contributed by atoms with Gasteiger partial charge in [0.15, 0.2) is 17.8 Å². The molecule has 1 amide bonds. The van der Waals surface area contributed by atoms with Gasteiger partial charge >= 0.3 is 6.09 Å². The number of alkyl carbamates (subject to hydrolysis) is 1. The first-order chi connectivity index (χ1) is 24.7. The zero-order valence-electron chi connectivity index (χ0n) is 29.3. The molecule has 6 rings (SSSR count). The van der Waals surface area contributed by atoms with Crippen molar-refractivity contribution in [2.75, 3.05) is 33.7 Å². The van der Waals surface area contributed by atoms with Crippen molar-refractivity contribution in [1.29, 1.82) is 0 Å². The summed E-state index contributed by atoms with van der Waals surface area (Å²) in [6.07, 6.45) is 0.465. The quantitative estimate of drug-likeness (QED) is 0.170.